The van der Waals surface area contributed by atoms with Crippen LogP contribution >= 0.6 is 0 Å². The van der Waals surface area contributed by atoms with Gasteiger partial charge in [0.25, 0.3) is 5.91 Å². The first kappa shape index (κ1) is 28.8. The summed E-state index contributed by atoms with van der Waals surface area (Å²) in [4.78, 5) is 36.6. The number of likely N-dealkylation sites (N-methyl/N-ethyl adjacent to an activating group) is 1. The van der Waals surface area contributed by atoms with E-state index in [1.54, 1.807) is 18.2 Å². The molecule has 0 saturated carbocycles. The van der Waals surface area contributed by atoms with Gasteiger partial charge in [0.1, 0.15) is 11.3 Å². The highest BCUT2D eigenvalue weighted by molar-refractivity contribution is 6.26. The monoisotopic (exact) mass is 471 g/mol. The highest BCUT2D eigenvalue weighted by atomic mass is 16.4. The Morgan fingerprint density at radius 1 is 1.03 bits per heavy atom. The van der Waals surface area contributed by atoms with Crippen molar-refractivity contribution in [3.8, 4) is 0 Å². The standard InChI is InChI=1S/C27H37NO6/c1-6-19(3)25(32)20(4)17-18(2)13-11-9-7-8-10-12-14-22(29)24-26(33)21(15-16-23(30)31)28(5)27(24)34/h7-14,17,19-21,25,29,32H,6,15-16H2,1-5H3,(H,30,31)/b9-7+,10-8+,13-11+,14-12+,18-17+,24-22+. The number of likely N-dealkylation sites (tertiary alicyclic amines) is 1. The van der Waals surface area contributed by atoms with Crippen LogP contribution in [0.3, 0.4) is 0 Å². The van der Waals surface area contributed by atoms with Gasteiger partial charge in [0.2, 0.25) is 0 Å². The Hall–Kier alpha value is -3.19. The van der Waals surface area contributed by atoms with E-state index < -0.39 is 29.5 Å². The number of amides is 1. The van der Waals surface area contributed by atoms with Crippen molar-refractivity contribution in [2.45, 2.75) is 59.1 Å². The zero-order valence-electron chi connectivity index (χ0n) is 20.6. The SMILES string of the molecule is CCC(C)C(O)C(C)/C=C(C)/C=C/C=C/C=C/C=C/C(O)=C1/C(=O)C(CCC(=O)O)N(C)C1=O. The van der Waals surface area contributed by atoms with Crippen molar-refractivity contribution < 1.29 is 29.7 Å². The normalized spacial score (nSPS) is 22.0. The second-order valence-electron chi connectivity index (χ2n) is 8.62. The number of carboxylic acids is 1. The quantitative estimate of drug-likeness (QED) is 0.169. The fourth-order valence-corrected chi connectivity index (χ4v) is 3.61. The zero-order valence-corrected chi connectivity index (χ0v) is 20.6. The number of carbonyl (C=O) groups is 3. The summed E-state index contributed by atoms with van der Waals surface area (Å²) in [6.07, 6.45) is 16.0. The van der Waals surface area contributed by atoms with Gasteiger partial charge in [-0.1, -0.05) is 81.4 Å². The maximum atomic E-state index is 12.4. The molecule has 7 heteroatoms. The summed E-state index contributed by atoms with van der Waals surface area (Å²) in [7, 11) is 1.42. The van der Waals surface area contributed by atoms with Gasteiger partial charge in [-0.2, -0.15) is 0 Å². The van der Waals surface area contributed by atoms with Crippen LogP contribution in [0.15, 0.2) is 71.6 Å². The minimum absolute atomic E-state index is 0.00113. The van der Waals surface area contributed by atoms with E-state index in [9.17, 15) is 24.6 Å². The first-order valence-corrected chi connectivity index (χ1v) is 11.5. The molecule has 1 rings (SSSR count). The van der Waals surface area contributed by atoms with Crippen molar-refractivity contribution in [2.75, 3.05) is 7.05 Å². The van der Waals surface area contributed by atoms with Crippen LogP contribution in [-0.4, -0.2) is 57.1 Å². The van der Waals surface area contributed by atoms with Gasteiger partial charge in [-0.3, -0.25) is 14.4 Å². The van der Waals surface area contributed by atoms with E-state index in [0.29, 0.717) is 0 Å². The minimum atomic E-state index is -1.05. The average molecular weight is 472 g/mol. The molecule has 4 atom stereocenters. The van der Waals surface area contributed by atoms with Crippen molar-refractivity contribution in [1.82, 2.24) is 4.90 Å². The molecule has 4 unspecified atom stereocenters. The summed E-state index contributed by atoms with van der Waals surface area (Å²) in [5, 5.41) is 29.2. The van der Waals surface area contributed by atoms with Gasteiger partial charge >= 0.3 is 5.97 Å². The molecule has 0 aliphatic carbocycles. The Balaban J connectivity index is 2.68. The summed E-state index contributed by atoms with van der Waals surface area (Å²) in [6.45, 7) is 8.09. The molecular weight excluding hydrogens is 434 g/mol. The molecular formula is C27H37NO6. The molecule has 1 amide bonds. The first-order chi connectivity index (χ1) is 16.0. The van der Waals surface area contributed by atoms with Crippen LogP contribution in [0.1, 0.15) is 47.0 Å². The number of aliphatic hydroxyl groups is 2. The number of allylic oxidation sites excluding steroid dienone is 9. The summed E-state index contributed by atoms with van der Waals surface area (Å²) in [5.41, 5.74) is 0.730. The fourth-order valence-electron chi connectivity index (χ4n) is 3.61. The van der Waals surface area contributed by atoms with Crippen LogP contribution in [0.4, 0.5) is 0 Å². The maximum Gasteiger partial charge on any atom is 0.303 e. The highest BCUT2D eigenvalue weighted by Crippen LogP contribution is 2.25. The average Bonchev–Trinajstić information content (AvgIpc) is 3.00. The maximum absolute atomic E-state index is 12.4. The lowest BCUT2D eigenvalue weighted by Gasteiger charge is -2.21. The van der Waals surface area contributed by atoms with Gasteiger partial charge in [-0.25, -0.2) is 0 Å². The number of nitrogens with zero attached hydrogens (tertiary/aromatic N) is 1. The molecule has 0 aromatic carbocycles. The molecule has 1 aliphatic rings. The van der Waals surface area contributed by atoms with Crippen molar-refractivity contribution in [3.05, 3.63) is 71.6 Å². The van der Waals surface area contributed by atoms with E-state index in [4.69, 9.17) is 5.11 Å². The smallest absolute Gasteiger partial charge is 0.303 e. The zero-order chi connectivity index (χ0) is 25.8. The lowest BCUT2D eigenvalue weighted by atomic mass is 9.90. The molecule has 0 bridgehead atoms. The Morgan fingerprint density at radius 3 is 2.15 bits per heavy atom. The van der Waals surface area contributed by atoms with E-state index in [1.807, 2.05) is 45.1 Å². The van der Waals surface area contributed by atoms with Gasteiger partial charge in [0.05, 0.1) is 12.1 Å². The molecule has 0 radical (unpaired) electrons. The number of carbonyl (C=O) groups excluding carboxylic acids is 2. The third-order valence-corrected chi connectivity index (χ3v) is 5.90. The number of aliphatic hydroxyl groups excluding tert-OH is 2. The first-order valence-electron chi connectivity index (χ1n) is 11.5. The Labute approximate surface area is 202 Å². The van der Waals surface area contributed by atoms with Crippen LogP contribution in [0, 0.1) is 11.8 Å². The second-order valence-corrected chi connectivity index (χ2v) is 8.62. The van der Waals surface area contributed by atoms with Crippen LogP contribution < -0.4 is 0 Å². The van der Waals surface area contributed by atoms with Crippen LogP contribution in [0.25, 0.3) is 0 Å². The Morgan fingerprint density at radius 2 is 1.59 bits per heavy atom. The number of ketones is 1. The molecule has 1 saturated heterocycles. The number of hydrogen-bond acceptors (Lipinski definition) is 5. The van der Waals surface area contributed by atoms with Crippen molar-refractivity contribution >= 4 is 17.7 Å². The minimum Gasteiger partial charge on any atom is -0.507 e. The molecule has 1 fully saturated rings. The summed E-state index contributed by atoms with van der Waals surface area (Å²) in [5.74, 6) is -2.36. The second kappa shape index (κ2) is 14.2. The summed E-state index contributed by atoms with van der Waals surface area (Å²) in [6, 6.07) is -0.877. The predicted molar refractivity (Wildman–Crippen MR) is 133 cm³/mol. The summed E-state index contributed by atoms with van der Waals surface area (Å²) < 4.78 is 0. The van der Waals surface area contributed by atoms with Crippen LogP contribution in [0.5, 0.6) is 0 Å². The third kappa shape index (κ3) is 8.63. The van der Waals surface area contributed by atoms with Crippen LogP contribution in [0.2, 0.25) is 0 Å². The van der Waals surface area contributed by atoms with Gasteiger partial charge in [0.15, 0.2) is 5.78 Å². The van der Waals surface area contributed by atoms with Gasteiger partial charge in [-0.15, -0.1) is 0 Å². The number of rotatable bonds is 12. The largest absolute Gasteiger partial charge is 0.507 e. The molecule has 7 nitrogen and oxygen atoms in total. The Kier molecular flexibility index (Phi) is 12.0. The highest BCUT2D eigenvalue weighted by Gasteiger charge is 2.42. The van der Waals surface area contributed by atoms with Crippen molar-refractivity contribution in [3.63, 3.8) is 0 Å². The third-order valence-electron chi connectivity index (χ3n) is 5.90. The van der Waals surface area contributed by atoms with E-state index in [2.05, 4.69) is 6.92 Å². The van der Waals surface area contributed by atoms with E-state index >= 15 is 0 Å². The number of carboxylic acid groups (broad SMARTS) is 1. The number of hydrogen-bond donors (Lipinski definition) is 3. The lowest BCUT2D eigenvalue weighted by Crippen LogP contribution is -2.32. The lowest BCUT2D eigenvalue weighted by molar-refractivity contribution is -0.138. The Bertz CT molecular complexity index is 921. The fraction of sp³-hybridized carbons (Fsp3) is 0.444. The van der Waals surface area contributed by atoms with Gasteiger partial charge in [0, 0.05) is 19.4 Å². The molecule has 1 aliphatic heterocycles. The molecule has 1 heterocycles. The van der Waals surface area contributed by atoms with E-state index in [0.717, 1.165) is 16.9 Å². The van der Waals surface area contributed by atoms with Crippen LogP contribution in [-0.2, 0) is 14.4 Å². The molecule has 0 aromatic rings. The predicted octanol–water partition coefficient (Wildman–Crippen LogP) is 4.29. The van der Waals surface area contributed by atoms with Crippen molar-refractivity contribution in [1.29, 1.82) is 0 Å². The van der Waals surface area contributed by atoms with Gasteiger partial charge < -0.3 is 20.2 Å². The number of Topliss-reactive ketones (excluding diaryl/α,β-unsaturated/α-hetero) is 1. The molecule has 186 valence electrons. The van der Waals surface area contributed by atoms with E-state index in [1.165, 1.54) is 19.2 Å². The van der Waals surface area contributed by atoms with E-state index in [-0.39, 0.29) is 36.4 Å². The van der Waals surface area contributed by atoms with Gasteiger partial charge in [-0.05, 0) is 25.3 Å². The molecule has 0 spiro atoms. The molecule has 0 aromatic heterocycles. The number of aliphatic carboxylic acids is 1. The van der Waals surface area contributed by atoms with Crippen molar-refractivity contribution in [2.24, 2.45) is 11.8 Å². The topological polar surface area (TPSA) is 115 Å². The molecule has 34 heavy (non-hydrogen) atoms. The summed E-state index contributed by atoms with van der Waals surface area (Å²) >= 11 is 0. The molecule has 3 N–H and O–H groups in total.